The van der Waals surface area contributed by atoms with Gasteiger partial charge in [0, 0.05) is 10.8 Å². The summed E-state index contributed by atoms with van der Waals surface area (Å²) in [6.45, 7) is 18.2. The lowest BCUT2D eigenvalue weighted by atomic mass is 10.1. The van der Waals surface area contributed by atoms with Crippen molar-refractivity contribution in [2.24, 2.45) is 0 Å². The largest absolute Gasteiger partial charge is 0.352 e. The topological polar surface area (TPSA) is 15.8 Å². The molecular formula is C25H22FN. The van der Waals surface area contributed by atoms with Crippen molar-refractivity contribution in [2.45, 2.75) is 6.92 Å². The molecule has 0 saturated heterocycles. The zero-order chi connectivity index (χ0) is 19.6. The van der Waals surface area contributed by atoms with Gasteiger partial charge in [0.25, 0.3) is 0 Å². The molecule has 0 spiro atoms. The lowest BCUT2D eigenvalue weighted by molar-refractivity contribution is 0.637. The van der Waals surface area contributed by atoms with Gasteiger partial charge in [0.05, 0.1) is 11.0 Å². The van der Waals surface area contributed by atoms with Crippen LogP contribution in [-0.4, -0.2) is 4.98 Å². The molecule has 0 radical (unpaired) electrons. The van der Waals surface area contributed by atoms with E-state index in [9.17, 15) is 0 Å². The minimum atomic E-state index is -0.389. The van der Waals surface area contributed by atoms with Crippen LogP contribution in [0.4, 0.5) is 4.39 Å². The van der Waals surface area contributed by atoms with Crippen molar-refractivity contribution in [1.82, 2.24) is 4.98 Å². The maximum atomic E-state index is 15.1. The first-order valence-corrected chi connectivity index (χ1v) is 8.66. The average Bonchev–Trinajstić information content (AvgIpc) is 3.02. The van der Waals surface area contributed by atoms with E-state index >= 15 is 4.39 Å². The Labute approximate surface area is 157 Å². The van der Waals surface area contributed by atoms with Crippen molar-refractivity contribution in [2.75, 3.05) is 0 Å². The first kappa shape index (κ1) is 18.4. The van der Waals surface area contributed by atoms with Gasteiger partial charge in [-0.05, 0) is 39.4 Å². The molecule has 0 aliphatic heterocycles. The van der Waals surface area contributed by atoms with Crippen LogP contribution in [0.5, 0.6) is 0 Å². The number of hydrogen-bond acceptors (Lipinski definition) is 0. The summed E-state index contributed by atoms with van der Waals surface area (Å²) in [7, 11) is 0. The molecule has 1 N–H and O–H groups in total. The third-order valence-electron chi connectivity index (χ3n) is 4.43. The Morgan fingerprint density at radius 3 is 1.78 bits per heavy atom. The average molecular weight is 355 g/mol. The Hall–Kier alpha value is -3.39. The molecule has 0 fully saturated rings. The maximum absolute atomic E-state index is 15.1. The molecule has 2 heteroatoms. The van der Waals surface area contributed by atoms with Crippen LogP contribution in [0.2, 0.25) is 0 Å². The van der Waals surface area contributed by atoms with Gasteiger partial charge in [-0.1, -0.05) is 80.9 Å². The van der Waals surface area contributed by atoms with E-state index in [0.717, 1.165) is 26.9 Å². The molecule has 0 saturated carbocycles. The molecule has 0 bridgehead atoms. The quantitative estimate of drug-likeness (QED) is 0.633. The van der Waals surface area contributed by atoms with E-state index in [0.29, 0.717) is 21.3 Å². The number of fused-ring (bicyclic) bond motifs is 3. The van der Waals surface area contributed by atoms with E-state index in [1.54, 1.807) is 6.07 Å². The highest BCUT2D eigenvalue weighted by atomic mass is 19.1. The van der Waals surface area contributed by atoms with E-state index in [1.165, 1.54) is 6.07 Å². The molecule has 2 aromatic carbocycles. The van der Waals surface area contributed by atoms with Gasteiger partial charge < -0.3 is 4.98 Å². The highest BCUT2D eigenvalue weighted by molar-refractivity contribution is 6.07. The number of H-pyrrole nitrogens is 1. The van der Waals surface area contributed by atoms with E-state index in [1.807, 2.05) is 55.5 Å². The molecule has 0 amide bonds. The number of halogens is 1. The minimum absolute atomic E-state index is 0.381. The van der Waals surface area contributed by atoms with E-state index in [2.05, 4.69) is 31.3 Å². The second-order valence-corrected chi connectivity index (χ2v) is 6.58. The molecule has 0 unspecified atom stereocenters. The summed E-state index contributed by atoms with van der Waals surface area (Å²) < 4.78 is 15.1. The van der Waals surface area contributed by atoms with Crippen molar-refractivity contribution in [3.8, 4) is 0 Å². The van der Waals surface area contributed by atoms with Gasteiger partial charge >= 0.3 is 0 Å². The number of hydrogen-bond donors (Lipinski definition) is 1. The Balaban J connectivity index is 2.84. The van der Waals surface area contributed by atoms with Gasteiger partial charge in [-0.15, -0.1) is 0 Å². The van der Waals surface area contributed by atoms with Crippen molar-refractivity contribution in [1.29, 1.82) is 0 Å². The lowest BCUT2D eigenvalue weighted by Gasteiger charge is -1.93. The molecule has 3 rings (SSSR count). The van der Waals surface area contributed by atoms with Crippen molar-refractivity contribution in [3.63, 3.8) is 0 Å². The standard InChI is InChI=1S/C25H22FN/c1-16-10-6-8-12-18(3)22-23-19(4)13-9-7-11-17(2)15-21(26)25(23)27-24(22)20(5)14-16/h6-15,27H,1-4H2,5H3. The maximum Gasteiger partial charge on any atom is 0.147 e. The zero-order valence-electron chi connectivity index (χ0n) is 15.5. The molecule has 3 aromatic rings. The molecule has 0 aliphatic carbocycles. The normalized spacial score (nSPS) is 10.4. The van der Waals surface area contributed by atoms with Crippen molar-refractivity contribution >= 4 is 48.1 Å². The summed E-state index contributed by atoms with van der Waals surface area (Å²) >= 11 is 0. The molecular weight excluding hydrogens is 333 g/mol. The summed E-state index contributed by atoms with van der Waals surface area (Å²) in [5, 5.41) is 4.47. The summed E-state index contributed by atoms with van der Waals surface area (Å²) in [4.78, 5) is 3.26. The molecule has 27 heavy (non-hydrogen) atoms. The van der Waals surface area contributed by atoms with Gasteiger partial charge in [0.15, 0.2) is 0 Å². The highest BCUT2D eigenvalue weighted by Gasteiger charge is 2.08. The molecule has 0 aliphatic rings. The van der Waals surface area contributed by atoms with Crippen LogP contribution in [0.15, 0.2) is 60.7 Å². The Bertz CT molecular complexity index is 1260. The third-order valence-corrected chi connectivity index (χ3v) is 4.43. The second-order valence-electron chi connectivity index (χ2n) is 6.58. The summed E-state index contributed by atoms with van der Waals surface area (Å²) in [6, 6.07) is 18.3. The van der Waals surface area contributed by atoms with E-state index in [4.69, 9.17) is 0 Å². The van der Waals surface area contributed by atoms with Crippen LogP contribution < -0.4 is 20.9 Å². The van der Waals surface area contributed by atoms with Crippen LogP contribution in [0.1, 0.15) is 5.56 Å². The molecule has 134 valence electrons. The molecule has 1 aromatic heterocycles. The van der Waals surface area contributed by atoms with Crippen molar-refractivity contribution < 1.29 is 4.39 Å². The predicted octanol–water partition coefficient (Wildman–Crippen LogP) is 3.66. The zero-order valence-corrected chi connectivity index (χ0v) is 15.5. The molecule has 1 nitrogen and oxygen atoms in total. The Kier molecular flexibility index (Phi) is 5.09. The smallest absolute Gasteiger partial charge is 0.147 e. The summed E-state index contributed by atoms with van der Waals surface area (Å²) in [6.07, 6.45) is 0. The van der Waals surface area contributed by atoms with Gasteiger partial charge in [0.2, 0.25) is 0 Å². The minimum Gasteiger partial charge on any atom is -0.352 e. The van der Waals surface area contributed by atoms with Gasteiger partial charge in [-0.3, -0.25) is 0 Å². The molecule has 0 atom stereocenters. The van der Waals surface area contributed by atoms with E-state index in [-0.39, 0.29) is 5.82 Å². The summed E-state index contributed by atoms with van der Waals surface area (Å²) in [5.74, 6) is -0.389. The van der Waals surface area contributed by atoms with Crippen LogP contribution in [-0.2, 0) is 0 Å². The Morgan fingerprint density at radius 2 is 1.19 bits per heavy atom. The van der Waals surface area contributed by atoms with Gasteiger partial charge in [-0.25, -0.2) is 4.39 Å². The van der Waals surface area contributed by atoms with Gasteiger partial charge in [-0.2, -0.15) is 0 Å². The fourth-order valence-electron chi connectivity index (χ4n) is 3.17. The Morgan fingerprint density at radius 1 is 0.704 bits per heavy atom. The van der Waals surface area contributed by atoms with Crippen molar-refractivity contribution in [3.05, 3.63) is 92.9 Å². The number of rotatable bonds is 0. The number of aromatic nitrogens is 1. The van der Waals surface area contributed by atoms with Crippen LogP contribution in [0, 0.1) is 12.7 Å². The molecule has 1 heterocycles. The first-order chi connectivity index (χ1) is 12.9. The van der Waals surface area contributed by atoms with Crippen LogP contribution >= 0.6 is 0 Å². The number of nitrogens with one attached hydrogen (secondary N) is 1. The monoisotopic (exact) mass is 355 g/mol. The fraction of sp³-hybridized carbons (Fsp3) is 0.0400. The SMILES string of the molecule is C=c1ccccc(=C)c2c([nH]c3c(F)cc(=C)ccccc(=C)c32)c(C)c1. The number of aromatic amines is 1. The first-order valence-electron chi connectivity index (χ1n) is 8.66. The number of aryl methyl sites for hydroxylation is 1. The van der Waals surface area contributed by atoms with Crippen LogP contribution in [0.25, 0.3) is 48.1 Å². The lowest BCUT2D eigenvalue weighted by Crippen LogP contribution is -2.02. The van der Waals surface area contributed by atoms with Gasteiger partial charge in [0.1, 0.15) is 5.82 Å². The van der Waals surface area contributed by atoms with Crippen LogP contribution in [0.3, 0.4) is 0 Å². The highest BCUT2D eigenvalue weighted by Crippen LogP contribution is 2.21. The third kappa shape index (κ3) is 3.75. The second kappa shape index (κ2) is 7.46. The summed E-state index contributed by atoms with van der Waals surface area (Å²) in [5.41, 5.74) is 2.13. The predicted molar refractivity (Wildman–Crippen MR) is 116 cm³/mol. The fourth-order valence-corrected chi connectivity index (χ4v) is 3.17. The van der Waals surface area contributed by atoms with E-state index < -0.39 is 0 Å².